The molecule has 0 aliphatic rings. The number of rotatable bonds is 6. The lowest BCUT2D eigenvalue weighted by Crippen LogP contribution is -2.06. The van der Waals surface area contributed by atoms with Crippen LogP contribution in [0.15, 0.2) is 53.9 Å². The van der Waals surface area contributed by atoms with E-state index < -0.39 is 18.6 Å². The number of pyridine rings is 2. The van der Waals surface area contributed by atoms with Crippen molar-refractivity contribution in [3.63, 3.8) is 0 Å². The molecule has 2 rings (SSSR count). The average molecular weight is 362 g/mol. The van der Waals surface area contributed by atoms with Crippen LogP contribution in [-0.4, -0.2) is 27.7 Å². The maximum absolute atomic E-state index is 12.1. The van der Waals surface area contributed by atoms with E-state index in [1.54, 1.807) is 24.4 Å². The number of hydrogen-bond acceptors (Lipinski definition) is 7. The van der Waals surface area contributed by atoms with Crippen LogP contribution in [0.4, 0.5) is 0 Å². The first-order valence-electron chi connectivity index (χ1n) is 5.51. The summed E-state index contributed by atoms with van der Waals surface area (Å²) in [5.74, 6) is 0.434. The van der Waals surface area contributed by atoms with Gasteiger partial charge >= 0.3 is 0 Å². The molecular formula is C11H10N2O4S4. The van der Waals surface area contributed by atoms with Crippen molar-refractivity contribution in [3.05, 3.63) is 49.1 Å². The molecule has 1 atom stereocenters. The maximum Gasteiger partial charge on any atom is 0.232 e. The Morgan fingerprint density at radius 1 is 1.14 bits per heavy atom. The molecule has 2 aromatic heterocycles. The Hall–Kier alpha value is -1.23. The molecule has 2 aromatic rings. The van der Waals surface area contributed by atoms with Crippen molar-refractivity contribution in [2.24, 2.45) is 0 Å². The molecule has 0 spiro atoms. The van der Waals surface area contributed by atoms with Gasteiger partial charge < -0.3 is 4.18 Å². The van der Waals surface area contributed by atoms with E-state index in [2.05, 4.69) is 9.97 Å². The van der Waals surface area contributed by atoms with Crippen LogP contribution >= 0.6 is 10.8 Å². The molecule has 21 heavy (non-hydrogen) atoms. The first-order chi connectivity index (χ1) is 10.1. The first-order valence-corrected chi connectivity index (χ1v) is 11.1. The third-order valence-electron chi connectivity index (χ3n) is 2.12. The van der Waals surface area contributed by atoms with Gasteiger partial charge in [-0.1, -0.05) is 0 Å². The molecule has 0 fully saturated rings. The van der Waals surface area contributed by atoms with Crippen molar-refractivity contribution in [3.8, 4) is 5.75 Å². The van der Waals surface area contributed by atoms with Gasteiger partial charge in [-0.15, -0.1) is 0 Å². The molecule has 112 valence electrons. The molecule has 0 aliphatic carbocycles. The van der Waals surface area contributed by atoms with Crippen LogP contribution in [0, 0.1) is 0 Å². The summed E-state index contributed by atoms with van der Waals surface area (Å²) in [5.41, 5.74) is 0. The molecule has 0 amide bonds. The number of hydrogen-bond donors (Lipinski definition) is 0. The highest BCUT2D eigenvalue weighted by Crippen LogP contribution is 2.23. The lowest BCUT2D eigenvalue weighted by molar-refractivity contribution is 0.610. The van der Waals surface area contributed by atoms with Gasteiger partial charge in [-0.2, -0.15) is 0 Å². The predicted molar refractivity (Wildman–Crippen MR) is 84.3 cm³/mol. The van der Waals surface area contributed by atoms with E-state index in [-0.39, 0.29) is 20.2 Å². The van der Waals surface area contributed by atoms with Crippen LogP contribution in [0.3, 0.4) is 0 Å². The van der Waals surface area contributed by atoms with Crippen LogP contribution in [0.1, 0.15) is 0 Å². The Morgan fingerprint density at radius 3 is 2.43 bits per heavy atom. The van der Waals surface area contributed by atoms with Gasteiger partial charge in [0.25, 0.3) is 0 Å². The molecule has 2 heterocycles. The van der Waals surface area contributed by atoms with Gasteiger partial charge in [0.05, 0.1) is 25.9 Å². The fourth-order valence-corrected chi connectivity index (χ4v) is 7.59. The summed E-state index contributed by atoms with van der Waals surface area (Å²) in [7, 11) is -3.77. The smallest absolute Gasteiger partial charge is 0.232 e. The molecule has 0 saturated heterocycles. The monoisotopic (exact) mass is 362 g/mol. The summed E-state index contributed by atoms with van der Waals surface area (Å²) in [6.07, 6.45) is 5.81. The first kappa shape index (κ1) is 16.1. The SMILES string of the molecule is O=S=S(CSS(=O)(=O)c1cccnc1)Oc1cccnc1. The summed E-state index contributed by atoms with van der Waals surface area (Å²) in [5, 5.41) is 0.0281. The van der Waals surface area contributed by atoms with E-state index in [9.17, 15) is 12.6 Å². The summed E-state index contributed by atoms with van der Waals surface area (Å²) >= 11 is 0. The van der Waals surface area contributed by atoms with Crippen molar-refractivity contribution < 1.29 is 16.8 Å². The average Bonchev–Trinajstić information content (AvgIpc) is 2.53. The highest BCUT2D eigenvalue weighted by atomic mass is 33.1. The van der Waals surface area contributed by atoms with Gasteiger partial charge in [-0.05, 0) is 35.1 Å². The van der Waals surface area contributed by atoms with Gasteiger partial charge in [-0.25, -0.2) is 12.6 Å². The topological polar surface area (TPSA) is 86.2 Å². The molecule has 0 N–H and O–H groups in total. The van der Waals surface area contributed by atoms with E-state index in [1.165, 1.54) is 24.7 Å². The number of aromatic nitrogens is 2. The van der Waals surface area contributed by atoms with Crippen molar-refractivity contribution in [2.45, 2.75) is 4.90 Å². The van der Waals surface area contributed by atoms with Gasteiger partial charge in [-0.3, -0.25) is 9.97 Å². The fraction of sp³-hybridized carbons (Fsp3) is 0.0909. The maximum atomic E-state index is 12.1. The minimum atomic E-state index is -3.54. The van der Waals surface area contributed by atoms with Crippen LogP contribution in [0.25, 0.3) is 0 Å². The Kier molecular flexibility index (Phi) is 5.91. The molecule has 0 radical (unpaired) electrons. The van der Waals surface area contributed by atoms with Crippen LogP contribution in [0.5, 0.6) is 5.75 Å². The zero-order chi connectivity index (χ0) is 15.1. The van der Waals surface area contributed by atoms with Crippen LogP contribution in [-0.2, 0) is 28.8 Å². The summed E-state index contributed by atoms with van der Waals surface area (Å²) in [6.45, 7) is 0. The minimum absolute atomic E-state index is 0.0281. The van der Waals surface area contributed by atoms with Crippen molar-refractivity contribution >= 4 is 39.6 Å². The van der Waals surface area contributed by atoms with E-state index >= 15 is 0 Å². The minimum Gasteiger partial charge on any atom is -0.419 e. The normalized spacial score (nSPS) is 12.6. The molecule has 0 bridgehead atoms. The predicted octanol–water partition coefficient (Wildman–Crippen LogP) is 1.60. The van der Waals surface area contributed by atoms with E-state index in [0.29, 0.717) is 16.5 Å². The van der Waals surface area contributed by atoms with Crippen molar-refractivity contribution in [1.29, 1.82) is 0 Å². The highest BCUT2D eigenvalue weighted by molar-refractivity contribution is 8.74. The van der Waals surface area contributed by atoms with Crippen LogP contribution < -0.4 is 4.18 Å². The molecule has 1 unspecified atom stereocenters. The summed E-state index contributed by atoms with van der Waals surface area (Å²) in [6, 6.07) is 6.33. The second-order valence-electron chi connectivity index (χ2n) is 3.52. The Morgan fingerprint density at radius 2 is 1.86 bits per heavy atom. The summed E-state index contributed by atoms with van der Waals surface area (Å²) < 4.78 is 40.6. The van der Waals surface area contributed by atoms with Crippen LogP contribution in [0.2, 0.25) is 0 Å². The molecule has 0 aromatic carbocycles. The van der Waals surface area contributed by atoms with E-state index in [4.69, 9.17) is 4.18 Å². The Bertz CT molecular complexity index is 746. The van der Waals surface area contributed by atoms with Gasteiger partial charge in [0.15, 0.2) is 16.0 Å². The molecule has 10 heteroatoms. The highest BCUT2D eigenvalue weighted by Gasteiger charge is 2.17. The summed E-state index contributed by atoms with van der Waals surface area (Å²) in [4.78, 5) is 7.74. The zero-order valence-electron chi connectivity index (χ0n) is 10.5. The standard InChI is InChI=1S/C11H10N2O4S4/c14-19-20(17-10-3-1-5-12-7-10)9-18-21(15,16)11-4-2-6-13-8-11/h1-8H,9H2. The second-order valence-corrected chi connectivity index (χ2v) is 10.5. The molecular weight excluding hydrogens is 352 g/mol. The third kappa shape index (κ3) is 4.92. The van der Waals surface area contributed by atoms with E-state index in [0.717, 1.165) is 0 Å². The lowest BCUT2D eigenvalue weighted by Gasteiger charge is -2.07. The van der Waals surface area contributed by atoms with Gasteiger partial charge in [0.1, 0.15) is 0 Å². The lowest BCUT2D eigenvalue weighted by atomic mass is 10.5. The quantitative estimate of drug-likeness (QED) is 0.721. The Balaban J connectivity index is 2.03. The van der Waals surface area contributed by atoms with E-state index in [1.807, 2.05) is 0 Å². The molecule has 0 saturated carbocycles. The molecule has 0 aliphatic heterocycles. The van der Waals surface area contributed by atoms with Crippen molar-refractivity contribution in [2.75, 3.05) is 5.08 Å². The molecule has 6 nitrogen and oxygen atoms in total. The van der Waals surface area contributed by atoms with Crippen molar-refractivity contribution in [1.82, 2.24) is 9.97 Å². The Labute approximate surface area is 131 Å². The third-order valence-corrected chi connectivity index (χ3v) is 8.84. The van der Waals surface area contributed by atoms with Gasteiger partial charge in [0, 0.05) is 18.6 Å². The largest absolute Gasteiger partial charge is 0.419 e. The number of nitrogens with zero attached hydrogens (tertiary/aromatic N) is 2. The zero-order valence-corrected chi connectivity index (χ0v) is 13.8. The van der Waals surface area contributed by atoms with Gasteiger partial charge in [0.2, 0.25) is 8.87 Å². The second kappa shape index (κ2) is 7.69. The fourth-order valence-electron chi connectivity index (χ4n) is 1.23.